The lowest BCUT2D eigenvalue weighted by molar-refractivity contribution is -0.146. The Morgan fingerprint density at radius 2 is 1.52 bits per heavy atom. The fraction of sp³-hybridized carbons (Fsp3) is 0.273. The molecule has 0 saturated heterocycles. The number of Topliss-reactive ketones (excluding diaryl/α,β-unsaturated/α-hetero) is 1. The first-order valence-electron chi connectivity index (χ1n) is 8.52. The van der Waals surface area contributed by atoms with Crippen molar-refractivity contribution >= 4 is 17.8 Å². The van der Waals surface area contributed by atoms with Gasteiger partial charge in [-0.3, -0.25) is 9.59 Å². The zero-order chi connectivity index (χ0) is 18.2. The monoisotopic (exact) mass is 336 g/mol. The summed E-state index contributed by atoms with van der Waals surface area (Å²) >= 11 is 0. The molecular formula is C22H24O3. The standard InChI is InChI=1S/C22H24O3/c1-4-25-22(24)20(21(23)19-14-10-17(3)11-15-19)7-5-6-18-12-8-16(2)9-13-18/h5-6,8-15,20H,4,7H2,1-3H3/b6-5+. The summed E-state index contributed by atoms with van der Waals surface area (Å²) in [5.74, 6) is -1.49. The first-order chi connectivity index (χ1) is 12.0. The van der Waals surface area contributed by atoms with E-state index in [-0.39, 0.29) is 12.4 Å². The van der Waals surface area contributed by atoms with Crippen LogP contribution in [0.4, 0.5) is 0 Å². The van der Waals surface area contributed by atoms with Crippen LogP contribution in [0.1, 0.15) is 40.4 Å². The highest BCUT2D eigenvalue weighted by molar-refractivity contribution is 6.08. The molecule has 1 unspecified atom stereocenters. The highest BCUT2D eigenvalue weighted by Crippen LogP contribution is 2.17. The SMILES string of the molecule is CCOC(=O)C(C/C=C/c1ccc(C)cc1)C(=O)c1ccc(C)cc1. The van der Waals surface area contributed by atoms with Crippen molar-refractivity contribution in [1.82, 2.24) is 0 Å². The minimum absolute atomic E-state index is 0.202. The number of allylic oxidation sites excluding steroid dienone is 1. The number of hydrogen-bond donors (Lipinski definition) is 0. The predicted molar refractivity (Wildman–Crippen MR) is 100 cm³/mol. The van der Waals surface area contributed by atoms with Gasteiger partial charge in [-0.25, -0.2) is 0 Å². The second-order valence-electron chi connectivity index (χ2n) is 6.08. The first-order valence-corrected chi connectivity index (χ1v) is 8.52. The maximum absolute atomic E-state index is 12.7. The zero-order valence-electron chi connectivity index (χ0n) is 15.0. The topological polar surface area (TPSA) is 43.4 Å². The fourth-order valence-electron chi connectivity index (χ4n) is 2.49. The number of esters is 1. The highest BCUT2D eigenvalue weighted by Gasteiger charge is 2.27. The maximum Gasteiger partial charge on any atom is 0.317 e. The van der Waals surface area contributed by atoms with Crippen molar-refractivity contribution in [2.24, 2.45) is 5.92 Å². The van der Waals surface area contributed by atoms with Gasteiger partial charge in [-0.05, 0) is 32.8 Å². The summed E-state index contributed by atoms with van der Waals surface area (Å²) in [5, 5.41) is 0. The van der Waals surface area contributed by atoms with E-state index in [2.05, 4.69) is 0 Å². The molecule has 0 aliphatic heterocycles. The van der Waals surface area contributed by atoms with Gasteiger partial charge in [-0.15, -0.1) is 0 Å². The van der Waals surface area contributed by atoms with Gasteiger partial charge in [0.1, 0.15) is 5.92 Å². The lowest BCUT2D eigenvalue weighted by atomic mass is 9.93. The van der Waals surface area contributed by atoms with Crippen LogP contribution in [0.2, 0.25) is 0 Å². The second kappa shape index (κ2) is 8.97. The molecule has 0 saturated carbocycles. The number of hydrogen-bond acceptors (Lipinski definition) is 3. The molecule has 0 amide bonds. The van der Waals surface area contributed by atoms with Crippen molar-refractivity contribution in [1.29, 1.82) is 0 Å². The highest BCUT2D eigenvalue weighted by atomic mass is 16.5. The molecule has 2 aromatic carbocycles. The van der Waals surface area contributed by atoms with Gasteiger partial charge in [-0.2, -0.15) is 0 Å². The minimum atomic E-state index is -0.815. The van der Waals surface area contributed by atoms with Crippen LogP contribution in [0, 0.1) is 19.8 Å². The van der Waals surface area contributed by atoms with Gasteiger partial charge in [0.05, 0.1) is 6.61 Å². The van der Waals surface area contributed by atoms with Crippen molar-refractivity contribution in [3.05, 3.63) is 76.9 Å². The Morgan fingerprint density at radius 1 is 0.960 bits per heavy atom. The van der Waals surface area contributed by atoms with E-state index in [1.165, 1.54) is 5.56 Å². The number of rotatable bonds is 7. The van der Waals surface area contributed by atoms with Gasteiger partial charge in [0.2, 0.25) is 0 Å². The van der Waals surface area contributed by atoms with Crippen LogP contribution in [0.15, 0.2) is 54.6 Å². The third kappa shape index (κ3) is 5.42. The molecule has 0 N–H and O–H groups in total. The number of aryl methyl sites for hydroxylation is 2. The molecule has 0 aromatic heterocycles. The molecular weight excluding hydrogens is 312 g/mol. The van der Waals surface area contributed by atoms with E-state index in [0.717, 1.165) is 11.1 Å². The van der Waals surface area contributed by atoms with Crippen LogP contribution in [-0.2, 0) is 9.53 Å². The summed E-state index contributed by atoms with van der Waals surface area (Å²) in [5.41, 5.74) is 3.84. The molecule has 130 valence electrons. The largest absolute Gasteiger partial charge is 0.465 e. The summed E-state index contributed by atoms with van der Waals surface area (Å²) in [6, 6.07) is 15.3. The maximum atomic E-state index is 12.7. The molecule has 25 heavy (non-hydrogen) atoms. The Bertz CT molecular complexity index is 740. The van der Waals surface area contributed by atoms with Crippen LogP contribution in [0.5, 0.6) is 0 Å². The number of ketones is 1. The molecule has 0 radical (unpaired) electrons. The van der Waals surface area contributed by atoms with Crippen molar-refractivity contribution in [3.8, 4) is 0 Å². The molecule has 0 bridgehead atoms. The van der Waals surface area contributed by atoms with Crippen molar-refractivity contribution < 1.29 is 14.3 Å². The average molecular weight is 336 g/mol. The van der Waals surface area contributed by atoms with Crippen LogP contribution < -0.4 is 0 Å². The molecule has 0 fully saturated rings. The number of benzene rings is 2. The van der Waals surface area contributed by atoms with E-state index in [4.69, 9.17) is 4.74 Å². The molecule has 0 spiro atoms. The van der Waals surface area contributed by atoms with Gasteiger partial charge in [0.15, 0.2) is 5.78 Å². The Labute approximate surface area is 149 Å². The van der Waals surface area contributed by atoms with E-state index < -0.39 is 11.9 Å². The summed E-state index contributed by atoms with van der Waals surface area (Å²) in [4.78, 5) is 25.0. The molecule has 2 rings (SSSR count). The smallest absolute Gasteiger partial charge is 0.317 e. The van der Waals surface area contributed by atoms with Crippen molar-refractivity contribution in [2.45, 2.75) is 27.2 Å². The summed E-state index contributed by atoms with van der Waals surface area (Å²) in [7, 11) is 0. The third-order valence-electron chi connectivity index (χ3n) is 3.98. The molecule has 0 aliphatic carbocycles. The Balaban J connectivity index is 2.14. The van der Waals surface area contributed by atoms with E-state index in [0.29, 0.717) is 12.0 Å². The van der Waals surface area contributed by atoms with Gasteiger partial charge in [-0.1, -0.05) is 71.8 Å². The van der Waals surface area contributed by atoms with Crippen LogP contribution >= 0.6 is 0 Å². The molecule has 2 aromatic rings. The van der Waals surface area contributed by atoms with Crippen molar-refractivity contribution in [3.63, 3.8) is 0 Å². The number of carbonyl (C=O) groups is 2. The van der Waals surface area contributed by atoms with Crippen LogP contribution in [-0.4, -0.2) is 18.4 Å². The third-order valence-corrected chi connectivity index (χ3v) is 3.98. The molecule has 0 heterocycles. The molecule has 3 nitrogen and oxygen atoms in total. The van der Waals surface area contributed by atoms with E-state index >= 15 is 0 Å². The predicted octanol–water partition coefficient (Wildman–Crippen LogP) is 4.77. The lowest BCUT2D eigenvalue weighted by Gasteiger charge is -2.13. The normalized spacial score (nSPS) is 12.1. The van der Waals surface area contributed by atoms with E-state index in [1.807, 2.05) is 62.4 Å². The van der Waals surface area contributed by atoms with Gasteiger partial charge >= 0.3 is 5.97 Å². The number of ether oxygens (including phenoxy) is 1. The van der Waals surface area contributed by atoms with Crippen LogP contribution in [0.3, 0.4) is 0 Å². The van der Waals surface area contributed by atoms with E-state index in [9.17, 15) is 9.59 Å². The summed E-state index contributed by atoms with van der Waals surface area (Å²) in [6.45, 7) is 6.00. The fourth-order valence-corrected chi connectivity index (χ4v) is 2.49. The zero-order valence-corrected chi connectivity index (χ0v) is 15.0. The summed E-state index contributed by atoms with van der Waals surface area (Å²) < 4.78 is 5.10. The van der Waals surface area contributed by atoms with Crippen LogP contribution in [0.25, 0.3) is 6.08 Å². The van der Waals surface area contributed by atoms with Crippen molar-refractivity contribution in [2.75, 3.05) is 6.61 Å². The number of carbonyl (C=O) groups excluding carboxylic acids is 2. The van der Waals surface area contributed by atoms with E-state index in [1.54, 1.807) is 19.1 Å². The molecule has 3 heteroatoms. The Kier molecular flexibility index (Phi) is 6.70. The van der Waals surface area contributed by atoms with Gasteiger partial charge < -0.3 is 4.74 Å². The molecule has 0 aliphatic rings. The molecule has 1 atom stereocenters. The van der Waals surface area contributed by atoms with Gasteiger partial charge in [0, 0.05) is 5.56 Å². The Hall–Kier alpha value is -2.68. The lowest BCUT2D eigenvalue weighted by Crippen LogP contribution is -2.26. The second-order valence-corrected chi connectivity index (χ2v) is 6.08. The average Bonchev–Trinajstić information content (AvgIpc) is 2.60. The summed E-state index contributed by atoms with van der Waals surface area (Å²) in [6.07, 6.45) is 4.10. The first kappa shape index (κ1) is 18.7. The Morgan fingerprint density at radius 3 is 2.08 bits per heavy atom. The quantitative estimate of drug-likeness (QED) is 0.415. The van der Waals surface area contributed by atoms with Gasteiger partial charge in [0.25, 0.3) is 0 Å². The minimum Gasteiger partial charge on any atom is -0.465 e.